The smallest absolute Gasteiger partial charge is 0.280 e. The van der Waals surface area contributed by atoms with E-state index in [9.17, 15) is 9.59 Å². The average Bonchev–Trinajstić information content (AvgIpc) is 3.21. The van der Waals surface area contributed by atoms with E-state index in [2.05, 4.69) is 34.5 Å². The van der Waals surface area contributed by atoms with E-state index >= 15 is 0 Å². The van der Waals surface area contributed by atoms with Crippen molar-refractivity contribution < 1.29 is 4.79 Å². The van der Waals surface area contributed by atoms with Gasteiger partial charge in [0.1, 0.15) is 11.6 Å². The number of amides is 1. The number of hydrogen-bond acceptors (Lipinski definition) is 4. The predicted octanol–water partition coefficient (Wildman–Crippen LogP) is 3.19. The molecule has 3 heterocycles. The van der Waals surface area contributed by atoms with Gasteiger partial charge in [0, 0.05) is 56.5 Å². The van der Waals surface area contributed by atoms with Crippen molar-refractivity contribution in [3.8, 4) is 0 Å². The lowest BCUT2D eigenvalue weighted by Crippen LogP contribution is -2.36. The number of carbonyl (C=O) groups excluding carboxylic acids is 1. The van der Waals surface area contributed by atoms with Crippen molar-refractivity contribution in [2.24, 2.45) is 0 Å². The number of benzene rings is 1. The van der Waals surface area contributed by atoms with Gasteiger partial charge in [0.2, 0.25) is 5.91 Å². The van der Waals surface area contributed by atoms with Gasteiger partial charge in [-0.15, -0.1) is 0 Å². The standard InChI is InChI=1S/C23H27N5O2/c1-16(2)22-24-11-15-27(22)14-10-21(29)26-12-8-18(9-13-26)28-17(3)25-23(30)19-6-4-5-7-20(19)28/h4-8,11,15-16H,9-10,12-14H2,1-3H3. The van der Waals surface area contributed by atoms with Crippen molar-refractivity contribution >= 4 is 22.5 Å². The number of aryl methyl sites for hydroxylation is 2. The summed E-state index contributed by atoms with van der Waals surface area (Å²) in [7, 11) is 0. The van der Waals surface area contributed by atoms with Gasteiger partial charge < -0.3 is 14.0 Å². The van der Waals surface area contributed by atoms with Crippen LogP contribution in [0.5, 0.6) is 0 Å². The fraction of sp³-hybridized carbons (Fsp3) is 0.391. The Morgan fingerprint density at radius 1 is 1.23 bits per heavy atom. The maximum Gasteiger partial charge on any atom is 0.280 e. The quantitative estimate of drug-likeness (QED) is 0.653. The largest absolute Gasteiger partial charge is 0.338 e. The van der Waals surface area contributed by atoms with Gasteiger partial charge in [-0.25, -0.2) is 4.98 Å². The molecule has 0 unspecified atom stereocenters. The molecule has 1 amide bonds. The number of carbonyl (C=O) groups is 1. The van der Waals surface area contributed by atoms with E-state index in [1.54, 1.807) is 12.3 Å². The second kappa shape index (κ2) is 8.26. The monoisotopic (exact) mass is 405 g/mol. The Bertz CT molecular complexity index is 1170. The zero-order valence-electron chi connectivity index (χ0n) is 17.7. The lowest BCUT2D eigenvalue weighted by Gasteiger charge is -2.28. The second-order valence-electron chi connectivity index (χ2n) is 7.99. The number of aromatic nitrogens is 4. The number of para-hydroxylation sites is 1. The van der Waals surface area contributed by atoms with E-state index in [0.29, 0.717) is 43.2 Å². The van der Waals surface area contributed by atoms with Crippen molar-refractivity contribution in [1.29, 1.82) is 0 Å². The number of imidazole rings is 1. The van der Waals surface area contributed by atoms with Crippen LogP contribution < -0.4 is 5.56 Å². The summed E-state index contributed by atoms with van der Waals surface area (Å²) >= 11 is 0. The van der Waals surface area contributed by atoms with E-state index in [-0.39, 0.29) is 11.5 Å². The van der Waals surface area contributed by atoms with Crippen molar-refractivity contribution in [2.45, 2.75) is 46.1 Å². The third kappa shape index (κ3) is 3.79. The summed E-state index contributed by atoms with van der Waals surface area (Å²) in [4.78, 5) is 35.4. The maximum absolute atomic E-state index is 12.7. The topological polar surface area (TPSA) is 73.0 Å². The van der Waals surface area contributed by atoms with Gasteiger partial charge in [-0.05, 0) is 25.1 Å². The van der Waals surface area contributed by atoms with E-state index in [0.717, 1.165) is 23.5 Å². The zero-order chi connectivity index (χ0) is 21.3. The highest BCUT2D eigenvalue weighted by atomic mass is 16.2. The van der Waals surface area contributed by atoms with Crippen LogP contribution in [0, 0.1) is 6.92 Å². The first kappa shape index (κ1) is 20.1. The van der Waals surface area contributed by atoms with Crippen molar-refractivity contribution in [3.63, 3.8) is 0 Å². The number of fused-ring (bicyclic) bond motifs is 1. The van der Waals surface area contributed by atoms with Crippen molar-refractivity contribution in [2.75, 3.05) is 13.1 Å². The molecule has 0 N–H and O–H groups in total. The van der Waals surface area contributed by atoms with E-state index < -0.39 is 0 Å². The molecule has 4 rings (SSSR count). The van der Waals surface area contributed by atoms with Gasteiger partial charge in [-0.3, -0.25) is 9.59 Å². The normalized spacial score (nSPS) is 14.4. The fourth-order valence-electron chi connectivity index (χ4n) is 4.12. The van der Waals surface area contributed by atoms with E-state index in [1.807, 2.05) is 40.8 Å². The minimum Gasteiger partial charge on any atom is -0.338 e. The minimum atomic E-state index is -0.201. The maximum atomic E-state index is 12.7. The molecular formula is C23H27N5O2. The molecule has 156 valence electrons. The number of rotatable bonds is 5. The average molecular weight is 406 g/mol. The summed E-state index contributed by atoms with van der Waals surface area (Å²) in [6, 6.07) is 7.53. The molecule has 30 heavy (non-hydrogen) atoms. The van der Waals surface area contributed by atoms with E-state index in [1.165, 1.54) is 0 Å². The predicted molar refractivity (Wildman–Crippen MR) is 117 cm³/mol. The zero-order valence-corrected chi connectivity index (χ0v) is 17.7. The first-order chi connectivity index (χ1) is 14.5. The van der Waals surface area contributed by atoms with Gasteiger partial charge in [-0.1, -0.05) is 26.0 Å². The van der Waals surface area contributed by atoms with Gasteiger partial charge >= 0.3 is 0 Å². The third-order valence-corrected chi connectivity index (χ3v) is 5.62. The van der Waals surface area contributed by atoms with Crippen LogP contribution in [-0.2, 0) is 11.3 Å². The van der Waals surface area contributed by atoms with Crippen LogP contribution >= 0.6 is 0 Å². The molecule has 3 aromatic rings. The number of hydrogen-bond donors (Lipinski definition) is 0. The summed E-state index contributed by atoms with van der Waals surface area (Å²) < 4.78 is 4.11. The Morgan fingerprint density at radius 3 is 2.77 bits per heavy atom. The molecule has 2 aromatic heterocycles. The van der Waals surface area contributed by atoms with Crippen LogP contribution in [0.3, 0.4) is 0 Å². The van der Waals surface area contributed by atoms with Crippen LogP contribution in [0.2, 0.25) is 0 Å². The molecule has 0 spiro atoms. The highest BCUT2D eigenvalue weighted by Crippen LogP contribution is 2.22. The summed E-state index contributed by atoms with van der Waals surface area (Å²) in [6.45, 7) is 7.93. The third-order valence-electron chi connectivity index (χ3n) is 5.62. The molecule has 0 saturated heterocycles. The van der Waals surface area contributed by atoms with Gasteiger partial charge in [0.15, 0.2) is 0 Å². The highest BCUT2D eigenvalue weighted by Gasteiger charge is 2.20. The molecule has 0 fully saturated rings. The summed E-state index contributed by atoms with van der Waals surface area (Å²) in [6.07, 6.45) is 6.99. The van der Waals surface area contributed by atoms with Crippen molar-refractivity contribution in [1.82, 2.24) is 24.0 Å². The Hall–Kier alpha value is -3.22. The summed E-state index contributed by atoms with van der Waals surface area (Å²) in [5, 5.41) is 0.615. The molecule has 0 aliphatic carbocycles. The van der Waals surface area contributed by atoms with E-state index in [4.69, 9.17) is 0 Å². The van der Waals surface area contributed by atoms with Gasteiger partial charge in [0.05, 0.1) is 10.9 Å². The molecule has 0 saturated carbocycles. The Balaban J connectivity index is 1.48. The SMILES string of the molecule is Cc1nc(=O)c2ccccc2n1C1=CCN(C(=O)CCn2ccnc2C(C)C)CC1. The molecule has 0 radical (unpaired) electrons. The summed E-state index contributed by atoms with van der Waals surface area (Å²) in [5.41, 5.74) is 1.74. The molecule has 1 aromatic carbocycles. The Kier molecular flexibility index (Phi) is 5.53. The summed E-state index contributed by atoms with van der Waals surface area (Å²) in [5.74, 6) is 2.16. The molecule has 7 heteroatoms. The fourth-order valence-corrected chi connectivity index (χ4v) is 4.12. The number of nitrogens with zero attached hydrogens (tertiary/aromatic N) is 5. The van der Waals surface area contributed by atoms with Crippen LogP contribution in [0.15, 0.2) is 47.5 Å². The second-order valence-corrected chi connectivity index (χ2v) is 7.99. The minimum absolute atomic E-state index is 0.147. The lowest BCUT2D eigenvalue weighted by atomic mass is 10.1. The first-order valence-corrected chi connectivity index (χ1v) is 10.4. The Morgan fingerprint density at radius 2 is 2.03 bits per heavy atom. The van der Waals surface area contributed by atoms with Crippen LogP contribution in [0.4, 0.5) is 0 Å². The molecule has 0 bridgehead atoms. The molecule has 1 aliphatic rings. The van der Waals surface area contributed by atoms with Gasteiger partial charge in [0.25, 0.3) is 5.56 Å². The van der Waals surface area contributed by atoms with Crippen LogP contribution in [0.25, 0.3) is 16.6 Å². The van der Waals surface area contributed by atoms with Gasteiger partial charge in [-0.2, -0.15) is 4.98 Å². The first-order valence-electron chi connectivity index (χ1n) is 10.4. The Labute approximate surface area is 175 Å². The van der Waals surface area contributed by atoms with Crippen LogP contribution in [-0.4, -0.2) is 43.0 Å². The lowest BCUT2D eigenvalue weighted by molar-refractivity contribution is -0.131. The molecule has 0 atom stereocenters. The highest BCUT2D eigenvalue weighted by molar-refractivity contribution is 5.82. The molecule has 7 nitrogen and oxygen atoms in total. The molecule has 1 aliphatic heterocycles. The van der Waals surface area contributed by atoms with Crippen LogP contribution in [0.1, 0.15) is 44.3 Å². The molecular weight excluding hydrogens is 378 g/mol. The van der Waals surface area contributed by atoms with Crippen molar-refractivity contribution in [3.05, 3.63) is 64.7 Å².